The molecule has 0 saturated heterocycles. The Morgan fingerprint density at radius 2 is 1.09 bits per heavy atom. The molecule has 46 heavy (non-hydrogen) atoms. The van der Waals surface area contributed by atoms with Crippen LogP contribution in [-0.2, 0) is 5.41 Å². The molecule has 0 N–H and O–H groups in total. The van der Waals surface area contributed by atoms with Crippen LogP contribution in [0.4, 0.5) is 0 Å². The normalized spacial score (nSPS) is 15.8. The van der Waals surface area contributed by atoms with Crippen LogP contribution in [0.3, 0.4) is 0 Å². The zero-order valence-corrected chi connectivity index (χ0v) is 24.6. The van der Waals surface area contributed by atoms with Gasteiger partial charge in [0.05, 0.1) is 5.41 Å². The molecule has 1 spiro atoms. The number of benzene rings is 6. The molecule has 0 radical (unpaired) electrons. The van der Waals surface area contributed by atoms with Gasteiger partial charge in [-0.15, -0.1) is 0 Å². The number of aromatic nitrogens is 1. The SMILES string of the molecule is c1ccc(-c2ccc3c(c2)Oc2ccccc2C32c3ccccc3Oc3cc(-c4cccc5oc6ncccc6c45)ccc32)cc1. The molecular weight excluding hydrogens is 566 g/mol. The van der Waals surface area contributed by atoms with Crippen molar-refractivity contribution in [3.63, 3.8) is 0 Å². The van der Waals surface area contributed by atoms with Crippen LogP contribution >= 0.6 is 0 Å². The van der Waals surface area contributed by atoms with Crippen LogP contribution < -0.4 is 9.47 Å². The van der Waals surface area contributed by atoms with E-state index in [4.69, 9.17) is 13.9 Å². The van der Waals surface area contributed by atoms with Gasteiger partial charge in [-0.25, -0.2) is 4.98 Å². The lowest BCUT2D eigenvalue weighted by atomic mass is 9.62. The minimum atomic E-state index is -0.652. The molecular formula is C42H25NO3. The van der Waals surface area contributed by atoms with Crippen molar-refractivity contribution in [1.29, 1.82) is 0 Å². The molecule has 2 aliphatic heterocycles. The van der Waals surface area contributed by atoms with Crippen LogP contribution in [0.15, 0.2) is 156 Å². The molecule has 0 amide bonds. The van der Waals surface area contributed by atoms with Gasteiger partial charge in [0.15, 0.2) is 0 Å². The first-order valence-electron chi connectivity index (χ1n) is 15.4. The summed E-state index contributed by atoms with van der Waals surface area (Å²) in [4.78, 5) is 4.47. The number of nitrogens with zero attached hydrogens (tertiary/aromatic N) is 1. The van der Waals surface area contributed by atoms with Gasteiger partial charge >= 0.3 is 0 Å². The van der Waals surface area contributed by atoms with Gasteiger partial charge in [0.1, 0.15) is 28.6 Å². The predicted molar refractivity (Wildman–Crippen MR) is 181 cm³/mol. The maximum absolute atomic E-state index is 6.79. The molecule has 4 heteroatoms. The number of para-hydroxylation sites is 2. The van der Waals surface area contributed by atoms with Crippen LogP contribution in [0.5, 0.6) is 23.0 Å². The summed E-state index contributed by atoms with van der Waals surface area (Å²) in [6.07, 6.45) is 1.76. The van der Waals surface area contributed by atoms with E-state index in [9.17, 15) is 0 Å². The summed E-state index contributed by atoms with van der Waals surface area (Å²) in [5.41, 5.74) is 9.52. The second kappa shape index (κ2) is 9.43. The van der Waals surface area contributed by atoms with E-state index in [1.165, 1.54) is 0 Å². The fourth-order valence-electron chi connectivity index (χ4n) is 7.55. The Hall–Kier alpha value is -6.13. The van der Waals surface area contributed by atoms with Crippen molar-refractivity contribution in [2.24, 2.45) is 0 Å². The summed E-state index contributed by atoms with van der Waals surface area (Å²) in [6.45, 7) is 0. The molecule has 1 unspecified atom stereocenters. The van der Waals surface area contributed by atoms with E-state index in [0.29, 0.717) is 5.71 Å². The number of hydrogen-bond donors (Lipinski definition) is 0. The third-order valence-electron chi connectivity index (χ3n) is 9.48. The Labute approximate surface area is 265 Å². The molecule has 8 aromatic rings. The van der Waals surface area contributed by atoms with Crippen molar-refractivity contribution in [2.75, 3.05) is 0 Å². The highest BCUT2D eigenvalue weighted by Gasteiger charge is 2.50. The average Bonchev–Trinajstić information content (AvgIpc) is 3.50. The van der Waals surface area contributed by atoms with E-state index in [0.717, 1.165) is 83.9 Å². The number of pyridine rings is 1. The molecule has 10 rings (SSSR count). The minimum Gasteiger partial charge on any atom is -0.457 e. The first-order valence-corrected chi connectivity index (χ1v) is 15.4. The number of furan rings is 1. The quantitative estimate of drug-likeness (QED) is 0.201. The lowest BCUT2D eigenvalue weighted by Crippen LogP contribution is -2.36. The predicted octanol–water partition coefficient (Wildman–Crippen LogP) is 10.9. The molecule has 4 nitrogen and oxygen atoms in total. The van der Waals surface area contributed by atoms with Crippen molar-refractivity contribution in [2.45, 2.75) is 5.41 Å². The van der Waals surface area contributed by atoms with Gasteiger partial charge in [-0.05, 0) is 64.7 Å². The molecule has 0 saturated carbocycles. The minimum absolute atomic E-state index is 0.636. The van der Waals surface area contributed by atoms with Crippen molar-refractivity contribution < 1.29 is 13.9 Å². The molecule has 6 aromatic carbocycles. The van der Waals surface area contributed by atoms with Crippen molar-refractivity contribution in [3.05, 3.63) is 174 Å². The Morgan fingerprint density at radius 3 is 1.83 bits per heavy atom. The largest absolute Gasteiger partial charge is 0.457 e. The van der Waals surface area contributed by atoms with Gasteiger partial charge in [-0.1, -0.05) is 103 Å². The van der Waals surface area contributed by atoms with Crippen molar-refractivity contribution in [1.82, 2.24) is 4.98 Å². The van der Waals surface area contributed by atoms with Gasteiger partial charge in [0.2, 0.25) is 5.71 Å². The van der Waals surface area contributed by atoms with E-state index < -0.39 is 5.41 Å². The van der Waals surface area contributed by atoms with Crippen LogP contribution in [-0.4, -0.2) is 4.98 Å². The third-order valence-corrected chi connectivity index (χ3v) is 9.48. The van der Waals surface area contributed by atoms with Gasteiger partial charge in [0.25, 0.3) is 0 Å². The van der Waals surface area contributed by atoms with Crippen LogP contribution in [0, 0.1) is 0 Å². The Balaban J connectivity index is 1.25. The number of hydrogen-bond acceptors (Lipinski definition) is 4. The number of ether oxygens (including phenoxy) is 2. The molecule has 0 fully saturated rings. The van der Waals surface area contributed by atoms with E-state index in [1.54, 1.807) is 6.20 Å². The molecule has 1 atom stereocenters. The summed E-state index contributed by atoms with van der Waals surface area (Å²) < 4.78 is 19.6. The molecule has 0 bridgehead atoms. The zero-order valence-electron chi connectivity index (χ0n) is 24.6. The third kappa shape index (κ3) is 3.41. The van der Waals surface area contributed by atoms with Crippen molar-refractivity contribution in [3.8, 4) is 45.3 Å². The van der Waals surface area contributed by atoms with Gasteiger partial charge < -0.3 is 13.9 Å². The van der Waals surface area contributed by atoms with Crippen LogP contribution in [0.25, 0.3) is 44.3 Å². The topological polar surface area (TPSA) is 44.5 Å². The zero-order chi connectivity index (χ0) is 30.2. The van der Waals surface area contributed by atoms with Gasteiger partial charge in [0, 0.05) is 39.2 Å². The van der Waals surface area contributed by atoms with Gasteiger partial charge in [-0.2, -0.15) is 0 Å². The Bertz CT molecular complexity index is 2480. The Morgan fingerprint density at radius 1 is 0.457 bits per heavy atom. The fraction of sp³-hybridized carbons (Fsp3) is 0.0238. The number of fused-ring (bicyclic) bond motifs is 11. The molecule has 2 aromatic heterocycles. The summed E-state index contributed by atoms with van der Waals surface area (Å²) in [5, 5.41) is 2.04. The van der Waals surface area contributed by atoms with Crippen molar-refractivity contribution >= 4 is 22.1 Å². The Kier molecular flexibility index (Phi) is 5.17. The van der Waals surface area contributed by atoms with Crippen LogP contribution in [0.2, 0.25) is 0 Å². The first kappa shape index (κ1) is 25.2. The standard InChI is InChI=1S/C42H25NO3/c1-2-10-26(11-3-1)27-19-21-33-38(24-27)44-35-16-6-4-14-31(35)42(33)32-15-5-7-17-36(32)45-39-25-28(20-22-34(39)42)29-12-8-18-37-40(29)30-13-9-23-43-41(30)46-37/h1-25H. The highest BCUT2D eigenvalue weighted by Crippen LogP contribution is 2.62. The fourth-order valence-corrected chi connectivity index (χ4v) is 7.55. The van der Waals surface area contributed by atoms with E-state index in [-0.39, 0.29) is 0 Å². The first-order chi connectivity index (χ1) is 22.8. The van der Waals surface area contributed by atoms with Crippen LogP contribution in [0.1, 0.15) is 22.3 Å². The summed E-state index contributed by atoms with van der Waals surface area (Å²) in [6, 6.07) is 50.7. The summed E-state index contributed by atoms with van der Waals surface area (Å²) >= 11 is 0. The molecule has 4 heterocycles. The second-order valence-corrected chi connectivity index (χ2v) is 11.9. The lowest BCUT2D eigenvalue weighted by Gasteiger charge is -2.45. The molecule has 0 aliphatic carbocycles. The van der Waals surface area contributed by atoms with Gasteiger partial charge in [-0.3, -0.25) is 0 Å². The summed E-state index contributed by atoms with van der Waals surface area (Å²) in [5.74, 6) is 3.33. The molecule has 2 aliphatic rings. The average molecular weight is 592 g/mol. The monoisotopic (exact) mass is 591 g/mol. The number of rotatable bonds is 2. The maximum Gasteiger partial charge on any atom is 0.227 e. The highest BCUT2D eigenvalue weighted by atomic mass is 16.5. The smallest absolute Gasteiger partial charge is 0.227 e. The highest BCUT2D eigenvalue weighted by molar-refractivity contribution is 6.11. The van der Waals surface area contributed by atoms with E-state index in [1.807, 2.05) is 36.4 Å². The lowest BCUT2D eigenvalue weighted by molar-refractivity contribution is 0.399. The second-order valence-electron chi connectivity index (χ2n) is 11.9. The maximum atomic E-state index is 6.79. The molecule has 216 valence electrons. The van der Waals surface area contributed by atoms with E-state index in [2.05, 4.69) is 114 Å². The van der Waals surface area contributed by atoms with E-state index >= 15 is 0 Å². The summed E-state index contributed by atoms with van der Waals surface area (Å²) in [7, 11) is 0.